The maximum atomic E-state index is 9.11. The summed E-state index contributed by atoms with van der Waals surface area (Å²) in [6.45, 7) is 0.728. The summed E-state index contributed by atoms with van der Waals surface area (Å²) in [4.78, 5) is 4.03. The highest BCUT2D eigenvalue weighted by atomic mass is 16.7. The largest absolute Gasteiger partial charge is 0.464 e. The zero-order valence-corrected chi connectivity index (χ0v) is 12.8. The van der Waals surface area contributed by atoms with Crippen molar-refractivity contribution in [3.05, 3.63) is 65.5 Å². The Kier molecular flexibility index (Phi) is 5.02. The molecule has 1 fully saturated rings. The fourth-order valence-electron chi connectivity index (χ4n) is 2.48. The predicted molar refractivity (Wildman–Crippen MR) is 87.9 cm³/mol. The minimum absolute atomic E-state index is 0.234. The summed E-state index contributed by atoms with van der Waals surface area (Å²) < 4.78 is 11.8. The maximum Gasteiger partial charge on any atom is 0.199 e. The topological polar surface area (TPSA) is 55.1 Å². The van der Waals surface area contributed by atoms with E-state index in [-0.39, 0.29) is 6.29 Å². The van der Waals surface area contributed by atoms with Gasteiger partial charge in [0.15, 0.2) is 6.29 Å². The Morgan fingerprint density at radius 3 is 2.87 bits per heavy atom. The minimum Gasteiger partial charge on any atom is -0.464 e. The summed E-state index contributed by atoms with van der Waals surface area (Å²) in [7, 11) is 0. The van der Waals surface area contributed by atoms with Crippen LogP contribution in [0.2, 0.25) is 0 Å². The van der Waals surface area contributed by atoms with Crippen LogP contribution in [0.15, 0.2) is 48.8 Å². The Balaban J connectivity index is 1.92. The first-order valence-electron chi connectivity index (χ1n) is 7.76. The summed E-state index contributed by atoms with van der Waals surface area (Å²) in [5.74, 6) is 0.709. The van der Waals surface area contributed by atoms with Gasteiger partial charge in [-0.25, -0.2) is 0 Å². The van der Waals surface area contributed by atoms with Crippen LogP contribution in [0, 0.1) is 11.3 Å². The first kappa shape index (κ1) is 15.3. The third kappa shape index (κ3) is 4.18. The second-order valence-corrected chi connectivity index (χ2v) is 5.40. The lowest BCUT2D eigenvalue weighted by Crippen LogP contribution is -2.21. The maximum absolute atomic E-state index is 9.11. The van der Waals surface area contributed by atoms with E-state index >= 15 is 0 Å². The number of ether oxygens (including phenoxy) is 2. The van der Waals surface area contributed by atoms with Crippen molar-refractivity contribution in [2.24, 2.45) is 0 Å². The van der Waals surface area contributed by atoms with E-state index in [9.17, 15) is 0 Å². The number of aromatic nitrogens is 1. The van der Waals surface area contributed by atoms with Crippen LogP contribution in [-0.2, 0) is 9.47 Å². The number of nitrogens with zero attached hydrogens (tertiary/aromatic N) is 2. The fourth-order valence-corrected chi connectivity index (χ4v) is 2.48. The Bertz CT molecular complexity index is 714. The number of rotatable bonds is 4. The van der Waals surface area contributed by atoms with Gasteiger partial charge in [-0.1, -0.05) is 12.1 Å². The van der Waals surface area contributed by atoms with E-state index in [0.29, 0.717) is 11.3 Å². The van der Waals surface area contributed by atoms with Crippen molar-refractivity contribution >= 4 is 11.8 Å². The van der Waals surface area contributed by atoms with Crippen LogP contribution in [0.3, 0.4) is 0 Å². The van der Waals surface area contributed by atoms with E-state index in [1.165, 1.54) is 0 Å². The van der Waals surface area contributed by atoms with E-state index in [1.807, 2.05) is 36.4 Å². The quantitative estimate of drug-likeness (QED) is 0.801. The molecule has 1 aromatic heterocycles. The molecule has 0 amide bonds. The van der Waals surface area contributed by atoms with Gasteiger partial charge in [-0.05, 0) is 48.7 Å². The van der Waals surface area contributed by atoms with Crippen molar-refractivity contribution in [2.45, 2.75) is 25.6 Å². The molecule has 0 N–H and O–H groups in total. The molecule has 0 saturated carbocycles. The summed E-state index contributed by atoms with van der Waals surface area (Å²) >= 11 is 0. The molecule has 0 spiro atoms. The third-order valence-electron chi connectivity index (χ3n) is 3.68. The van der Waals surface area contributed by atoms with Crippen LogP contribution in [0.1, 0.15) is 36.0 Å². The van der Waals surface area contributed by atoms with Gasteiger partial charge < -0.3 is 9.47 Å². The van der Waals surface area contributed by atoms with E-state index in [1.54, 1.807) is 18.5 Å². The van der Waals surface area contributed by atoms with Crippen LogP contribution in [0.25, 0.3) is 11.8 Å². The smallest absolute Gasteiger partial charge is 0.199 e. The molecule has 1 atom stereocenters. The molecular formula is C19H18N2O2. The number of pyridine rings is 1. The second-order valence-electron chi connectivity index (χ2n) is 5.40. The van der Waals surface area contributed by atoms with Crippen LogP contribution < -0.4 is 0 Å². The molecule has 1 aliphatic heterocycles. The molecule has 23 heavy (non-hydrogen) atoms. The normalized spacial score (nSPS) is 18.2. The average Bonchev–Trinajstić information content (AvgIpc) is 2.63. The molecule has 116 valence electrons. The lowest BCUT2D eigenvalue weighted by molar-refractivity contribution is -0.120. The zero-order chi connectivity index (χ0) is 15.9. The standard InChI is InChI=1S/C19H18N2O2/c20-14-16-4-3-5-17(12-16)18(13-15-7-9-21-10-8-15)23-19-6-1-2-11-22-19/h3-5,7-10,12-13,19H,1-2,6,11H2/b18-13+. The average molecular weight is 306 g/mol. The molecule has 1 aliphatic rings. The van der Waals surface area contributed by atoms with Gasteiger partial charge in [0, 0.05) is 24.4 Å². The monoisotopic (exact) mass is 306 g/mol. The Labute approximate surface area is 136 Å². The van der Waals surface area contributed by atoms with Gasteiger partial charge in [-0.3, -0.25) is 4.98 Å². The zero-order valence-electron chi connectivity index (χ0n) is 12.8. The number of benzene rings is 1. The predicted octanol–water partition coefficient (Wildman–Crippen LogP) is 3.99. The second kappa shape index (κ2) is 7.57. The first-order valence-corrected chi connectivity index (χ1v) is 7.76. The molecule has 4 heteroatoms. The molecule has 2 aromatic rings. The number of hydrogen-bond donors (Lipinski definition) is 0. The van der Waals surface area contributed by atoms with Gasteiger partial charge in [-0.2, -0.15) is 5.26 Å². The van der Waals surface area contributed by atoms with Gasteiger partial charge in [0.25, 0.3) is 0 Å². The highest BCUT2D eigenvalue weighted by molar-refractivity contribution is 5.77. The van der Waals surface area contributed by atoms with Gasteiger partial charge in [0.05, 0.1) is 18.2 Å². The molecule has 1 unspecified atom stereocenters. The van der Waals surface area contributed by atoms with Gasteiger partial charge in [0.1, 0.15) is 5.76 Å². The van der Waals surface area contributed by atoms with Crippen LogP contribution in [0.4, 0.5) is 0 Å². The minimum atomic E-state index is -0.234. The van der Waals surface area contributed by atoms with Crippen molar-refractivity contribution in [1.29, 1.82) is 5.26 Å². The van der Waals surface area contributed by atoms with Crippen molar-refractivity contribution in [3.8, 4) is 6.07 Å². The van der Waals surface area contributed by atoms with Crippen LogP contribution >= 0.6 is 0 Å². The van der Waals surface area contributed by atoms with E-state index < -0.39 is 0 Å². The van der Waals surface area contributed by atoms with Crippen LogP contribution in [-0.4, -0.2) is 17.9 Å². The molecule has 0 radical (unpaired) electrons. The highest BCUT2D eigenvalue weighted by Crippen LogP contribution is 2.25. The molecule has 3 rings (SSSR count). The van der Waals surface area contributed by atoms with Crippen LogP contribution in [0.5, 0.6) is 0 Å². The fraction of sp³-hybridized carbons (Fsp3) is 0.263. The van der Waals surface area contributed by atoms with Gasteiger partial charge >= 0.3 is 0 Å². The van der Waals surface area contributed by atoms with Crippen molar-refractivity contribution in [2.75, 3.05) is 6.61 Å². The molecule has 2 heterocycles. The first-order chi connectivity index (χ1) is 11.3. The van der Waals surface area contributed by atoms with Crippen molar-refractivity contribution in [3.63, 3.8) is 0 Å². The SMILES string of the molecule is N#Cc1cccc(/C(=C\c2ccncc2)OC2CCCCO2)c1. The molecule has 0 aliphatic carbocycles. The molecular weight excluding hydrogens is 288 g/mol. The van der Waals surface area contributed by atoms with E-state index in [4.69, 9.17) is 14.7 Å². The molecule has 4 nitrogen and oxygen atoms in total. The Morgan fingerprint density at radius 1 is 1.26 bits per heavy atom. The van der Waals surface area contributed by atoms with Gasteiger partial charge in [-0.15, -0.1) is 0 Å². The lowest BCUT2D eigenvalue weighted by atomic mass is 10.1. The third-order valence-corrected chi connectivity index (χ3v) is 3.68. The number of hydrogen-bond acceptors (Lipinski definition) is 4. The summed E-state index contributed by atoms with van der Waals surface area (Å²) in [6.07, 6.45) is 8.27. The molecule has 1 saturated heterocycles. The highest BCUT2D eigenvalue weighted by Gasteiger charge is 2.17. The van der Waals surface area contributed by atoms with E-state index in [0.717, 1.165) is 37.0 Å². The summed E-state index contributed by atoms with van der Waals surface area (Å²) in [6, 6.07) is 13.4. The molecule has 0 bridgehead atoms. The molecule has 1 aromatic carbocycles. The van der Waals surface area contributed by atoms with Crippen molar-refractivity contribution < 1.29 is 9.47 Å². The Hall–Kier alpha value is -2.64. The Morgan fingerprint density at radius 2 is 2.13 bits per heavy atom. The van der Waals surface area contributed by atoms with Crippen molar-refractivity contribution in [1.82, 2.24) is 4.98 Å². The number of nitriles is 1. The van der Waals surface area contributed by atoms with Gasteiger partial charge in [0.2, 0.25) is 0 Å². The summed E-state index contributed by atoms with van der Waals surface area (Å²) in [5.41, 5.74) is 2.47. The lowest BCUT2D eigenvalue weighted by Gasteiger charge is -2.25. The van der Waals surface area contributed by atoms with E-state index in [2.05, 4.69) is 11.1 Å². The summed E-state index contributed by atoms with van der Waals surface area (Å²) in [5, 5.41) is 9.11.